The fraction of sp³-hybridized carbons (Fsp3) is 0.333. The molecule has 6 heteroatoms. The molecule has 1 aromatic rings. The van der Waals surface area contributed by atoms with Crippen molar-refractivity contribution < 1.29 is 13.9 Å². The highest BCUT2D eigenvalue weighted by atomic mass is 79.9. The quantitative estimate of drug-likeness (QED) is 0.862. The van der Waals surface area contributed by atoms with Gasteiger partial charge in [-0.05, 0) is 11.6 Å². The Balaban J connectivity index is 3.41. The molecule has 1 heterocycles. The van der Waals surface area contributed by atoms with Crippen molar-refractivity contribution in [2.75, 3.05) is 0 Å². The molecule has 0 atom stereocenters. The maximum Gasteiger partial charge on any atom is 0.267 e. The molecule has 3 nitrogen and oxygen atoms in total. The largest absolute Gasteiger partial charge is 0.392 e. The fourth-order valence-electron chi connectivity index (χ4n) is 1.20. The maximum absolute atomic E-state index is 12.6. The van der Waals surface area contributed by atoms with Crippen molar-refractivity contribution in [3.63, 3.8) is 0 Å². The van der Waals surface area contributed by atoms with Crippen molar-refractivity contribution in [1.82, 2.24) is 4.98 Å². The van der Waals surface area contributed by atoms with E-state index in [1.54, 1.807) is 6.07 Å². The lowest BCUT2D eigenvalue weighted by atomic mass is 10.1. The third kappa shape index (κ3) is 2.49. The predicted molar refractivity (Wildman–Crippen MR) is 52.5 cm³/mol. The highest BCUT2D eigenvalue weighted by Gasteiger charge is 2.19. The first-order chi connectivity index (χ1) is 7.13. The minimum Gasteiger partial charge on any atom is -0.392 e. The second-order valence-electron chi connectivity index (χ2n) is 2.74. The summed E-state index contributed by atoms with van der Waals surface area (Å²) in [4.78, 5) is 3.74. The molecule has 0 aliphatic rings. The molecular weight excluding hydrogens is 270 g/mol. The number of halogens is 3. The summed E-state index contributed by atoms with van der Waals surface area (Å²) in [5.74, 6) is 0. The molecule has 1 N–H and O–H groups in total. The Morgan fingerprint density at radius 2 is 2.27 bits per heavy atom. The van der Waals surface area contributed by atoms with Crippen LogP contribution in [0.2, 0.25) is 0 Å². The molecule has 0 spiro atoms. The average molecular weight is 277 g/mol. The highest BCUT2D eigenvalue weighted by Crippen LogP contribution is 2.26. The number of hydrogen-bond donors (Lipinski definition) is 1. The summed E-state index contributed by atoms with van der Waals surface area (Å²) in [6.07, 6.45) is -2.81. The second-order valence-corrected chi connectivity index (χ2v) is 3.30. The lowest BCUT2D eigenvalue weighted by Crippen LogP contribution is -2.04. The number of aromatic nitrogens is 1. The molecule has 1 aromatic heterocycles. The predicted octanol–water partition coefficient (Wildman–Crippen LogP) is 2.28. The third-order valence-electron chi connectivity index (χ3n) is 1.83. The van der Waals surface area contributed by atoms with E-state index < -0.39 is 18.6 Å². The Hall–Kier alpha value is -1.06. The van der Waals surface area contributed by atoms with Crippen molar-refractivity contribution in [1.29, 1.82) is 5.26 Å². The summed E-state index contributed by atoms with van der Waals surface area (Å²) in [7, 11) is 0. The van der Waals surface area contributed by atoms with Crippen LogP contribution in [0.3, 0.4) is 0 Å². The summed E-state index contributed by atoms with van der Waals surface area (Å²) in [6, 6.07) is 2.96. The SMILES string of the molecule is N#Cc1nc(CBr)cc(CO)c1C(F)F. The number of hydrogen-bond acceptors (Lipinski definition) is 3. The van der Waals surface area contributed by atoms with Crippen LogP contribution in [0.5, 0.6) is 0 Å². The molecule has 0 unspecified atom stereocenters. The van der Waals surface area contributed by atoms with Gasteiger partial charge in [-0.25, -0.2) is 13.8 Å². The summed E-state index contributed by atoms with van der Waals surface area (Å²) < 4.78 is 25.2. The molecule has 0 radical (unpaired) electrons. The summed E-state index contributed by atoms with van der Waals surface area (Å²) in [5, 5.41) is 17.9. The average Bonchev–Trinajstić information content (AvgIpc) is 2.26. The first-order valence-corrected chi connectivity index (χ1v) is 5.14. The highest BCUT2D eigenvalue weighted by molar-refractivity contribution is 9.08. The molecule has 0 amide bonds. The van der Waals surface area contributed by atoms with Crippen LogP contribution in [0.1, 0.15) is 28.9 Å². The lowest BCUT2D eigenvalue weighted by Gasteiger charge is -2.09. The molecule has 0 aromatic carbocycles. The van der Waals surface area contributed by atoms with Gasteiger partial charge in [0, 0.05) is 5.33 Å². The van der Waals surface area contributed by atoms with E-state index in [0.29, 0.717) is 11.0 Å². The van der Waals surface area contributed by atoms with Crippen LogP contribution < -0.4 is 0 Å². The van der Waals surface area contributed by atoms with E-state index in [1.165, 1.54) is 6.07 Å². The smallest absolute Gasteiger partial charge is 0.267 e. The number of nitriles is 1. The molecule has 1 rings (SSSR count). The van der Waals surface area contributed by atoms with Crippen molar-refractivity contribution in [2.45, 2.75) is 18.4 Å². The van der Waals surface area contributed by atoms with Gasteiger partial charge in [-0.15, -0.1) is 0 Å². The van der Waals surface area contributed by atoms with E-state index in [9.17, 15) is 8.78 Å². The topological polar surface area (TPSA) is 56.9 Å². The van der Waals surface area contributed by atoms with E-state index >= 15 is 0 Å². The van der Waals surface area contributed by atoms with E-state index in [1.807, 2.05) is 0 Å². The van der Waals surface area contributed by atoms with Crippen LogP contribution >= 0.6 is 15.9 Å². The second kappa shape index (κ2) is 5.14. The van der Waals surface area contributed by atoms with E-state index in [-0.39, 0.29) is 11.3 Å². The van der Waals surface area contributed by atoms with Gasteiger partial charge in [0.1, 0.15) is 11.8 Å². The van der Waals surface area contributed by atoms with Gasteiger partial charge in [0.25, 0.3) is 6.43 Å². The number of nitrogens with zero attached hydrogens (tertiary/aromatic N) is 2. The first kappa shape index (κ1) is 12.0. The van der Waals surface area contributed by atoms with Gasteiger partial charge in [-0.2, -0.15) is 5.26 Å². The van der Waals surface area contributed by atoms with Crippen molar-refractivity contribution >= 4 is 15.9 Å². The molecule has 0 saturated heterocycles. The molecule has 0 saturated carbocycles. The summed E-state index contributed by atoms with van der Waals surface area (Å²) in [6.45, 7) is -0.531. The van der Waals surface area contributed by atoms with Crippen molar-refractivity contribution in [3.8, 4) is 6.07 Å². The molecule has 0 aliphatic carbocycles. The zero-order chi connectivity index (χ0) is 11.4. The zero-order valence-corrected chi connectivity index (χ0v) is 9.13. The van der Waals surface area contributed by atoms with Crippen LogP contribution in [-0.2, 0) is 11.9 Å². The van der Waals surface area contributed by atoms with Crippen LogP contribution in [0, 0.1) is 11.3 Å². The first-order valence-electron chi connectivity index (χ1n) is 4.01. The van der Waals surface area contributed by atoms with Gasteiger partial charge in [-0.1, -0.05) is 15.9 Å². The zero-order valence-electron chi connectivity index (χ0n) is 7.54. The number of rotatable bonds is 3. The Bertz CT molecular complexity index is 404. The monoisotopic (exact) mass is 276 g/mol. The van der Waals surface area contributed by atoms with Gasteiger partial charge < -0.3 is 5.11 Å². The molecule has 0 fully saturated rings. The van der Waals surface area contributed by atoms with Gasteiger partial charge in [-0.3, -0.25) is 0 Å². The summed E-state index contributed by atoms with van der Waals surface area (Å²) >= 11 is 3.10. The number of pyridine rings is 1. The standard InChI is InChI=1S/C9H7BrF2N2O/c10-2-6-1-5(4-15)8(9(11)12)7(3-13)14-6/h1,9,15H,2,4H2. The molecule has 0 aliphatic heterocycles. The fourth-order valence-corrected chi connectivity index (χ4v) is 1.48. The Kier molecular flexibility index (Phi) is 4.12. The van der Waals surface area contributed by atoms with Gasteiger partial charge >= 0.3 is 0 Å². The number of aliphatic hydroxyl groups excluding tert-OH is 1. The van der Waals surface area contributed by atoms with Crippen molar-refractivity contribution in [3.05, 3.63) is 28.6 Å². The molecule has 0 bridgehead atoms. The van der Waals surface area contributed by atoms with E-state index in [2.05, 4.69) is 20.9 Å². The summed E-state index contributed by atoms with van der Waals surface area (Å²) in [5.41, 5.74) is -0.318. The maximum atomic E-state index is 12.6. The Morgan fingerprint density at radius 1 is 1.60 bits per heavy atom. The minimum absolute atomic E-state index is 0.0472. The molecular formula is C9H7BrF2N2O. The lowest BCUT2D eigenvalue weighted by molar-refractivity contribution is 0.146. The number of alkyl halides is 3. The van der Waals surface area contributed by atoms with Crippen molar-refractivity contribution in [2.24, 2.45) is 0 Å². The van der Waals surface area contributed by atoms with Crippen LogP contribution in [0.4, 0.5) is 8.78 Å². The van der Waals surface area contributed by atoms with Crippen LogP contribution in [0.25, 0.3) is 0 Å². The van der Waals surface area contributed by atoms with Gasteiger partial charge in [0.05, 0.1) is 17.9 Å². The Labute approximate surface area is 93.5 Å². The minimum atomic E-state index is -2.81. The van der Waals surface area contributed by atoms with E-state index in [4.69, 9.17) is 10.4 Å². The number of aliphatic hydroxyl groups is 1. The Morgan fingerprint density at radius 3 is 2.67 bits per heavy atom. The third-order valence-corrected chi connectivity index (χ3v) is 2.40. The van der Waals surface area contributed by atoms with E-state index in [0.717, 1.165) is 0 Å². The molecule has 15 heavy (non-hydrogen) atoms. The van der Waals surface area contributed by atoms with Gasteiger partial charge in [0.2, 0.25) is 0 Å². The molecule has 80 valence electrons. The normalized spacial score (nSPS) is 10.4. The van der Waals surface area contributed by atoms with Crippen LogP contribution in [0.15, 0.2) is 6.07 Å². The van der Waals surface area contributed by atoms with Crippen LogP contribution in [-0.4, -0.2) is 10.1 Å². The van der Waals surface area contributed by atoms with Gasteiger partial charge in [0.15, 0.2) is 0 Å².